The summed E-state index contributed by atoms with van der Waals surface area (Å²) >= 11 is 0. The van der Waals surface area contributed by atoms with E-state index >= 15 is 0 Å². The Hall–Kier alpha value is -0.380. The van der Waals surface area contributed by atoms with Gasteiger partial charge >= 0.3 is 0 Å². The van der Waals surface area contributed by atoms with Crippen LogP contribution in [0.1, 0.15) is 25.7 Å². The minimum Gasteiger partial charge on any atom is -0.316 e. The highest BCUT2D eigenvalue weighted by molar-refractivity contribution is 5.00. The van der Waals surface area contributed by atoms with Crippen molar-refractivity contribution in [3.63, 3.8) is 0 Å². The van der Waals surface area contributed by atoms with Gasteiger partial charge in [-0.25, -0.2) is 0 Å². The summed E-state index contributed by atoms with van der Waals surface area (Å²) in [5.74, 6) is 0. The van der Waals surface area contributed by atoms with Crippen LogP contribution >= 0.6 is 0 Å². The standard InChI is InChI=1S/C14H27N3/c1-13(11-15-2)12-16-7-9-17(10-8-16)14-5-3-4-6-14/h14-15H,1,3-12H2,2H3. The van der Waals surface area contributed by atoms with Gasteiger partial charge in [-0.15, -0.1) is 0 Å². The second-order valence-electron chi connectivity index (χ2n) is 5.53. The van der Waals surface area contributed by atoms with E-state index in [1.54, 1.807) is 0 Å². The minimum absolute atomic E-state index is 0.901. The molecule has 0 aromatic heterocycles. The Bertz CT molecular complexity index is 238. The molecule has 1 aliphatic carbocycles. The van der Waals surface area contributed by atoms with Gasteiger partial charge in [0, 0.05) is 45.3 Å². The van der Waals surface area contributed by atoms with Gasteiger partial charge in [-0.1, -0.05) is 19.4 Å². The van der Waals surface area contributed by atoms with Crippen molar-refractivity contribution in [2.45, 2.75) is 31.7 Å². The van der Waals surface area contributed by atoms with E-state index in [1.165, 1.54) is 57.4 Å². The first kappa shape index (κ1) is 13.1. The number of piperazine rings is 1. The third-order valence-corrected chi connectivity index (χ3v) is 4.12. The molecule has 3 nitrogen and oxygen atoms in total. The molecule has 0 atom stereocenters. The van der Waals surface area contributed by atoms with E-state index in [-0.39, 0.29) is 0 Å². The Balaban J connectivity index is 1.68. The van der Waals surface area contributed by atoms with Crippen molar-refractivity contribution in [2.75, 3.05) is 46.3 Å². The molecular formula is C14H27N3. The monoisotopic (exact) mass is 237 g/mol. The molecule has 2 aliphatic rings. The number of hydrogen-bond acceptors (Lipinski definition) is 3. The third kappa shape index (κ3) is 3.80. The molecule has 2 rings (SSSR count). The average molecular weight is 237 g/mol. The molecule has 1 aliphatic heterocycles. The van der Waals surface area contributed by atoms with E-state index in [4.69, 9.17) is 0 Å². The number of likely N-dealkylation sites (N-methyl/N-ethyl adjacent to an activating group) is 1. The molecule has 98 valence electrons. The first-order valence-corrected chi connectivity index (χ1v) is 7.07. The second-order valence-corrected chi connectivity index (χ2v) is 5.53. The molecule has 1 N–H and O–H groups in total. The maximum absolute atomic E-state index is 4.12. The molecule has 0 spiro atoms. The molecule has 0 radical (unpaired) electrons. The summed E-state index contributed by atoms with van der Waals surface area (Å²) in [6.45, 7) is 11.1. The quantitative estimate of drug-likeness (QED) is 0.728. The molecular weight excluding hydrogens is 210 g/mol. The van der Waals surface area contributed by atoms with Gasteiger partial charge < -0.3 is 5.32 Å². The summed E-state index contributed by atoms with van der Waals surface area (Å²) in [4.78, 5) is 5.26. The van der Waals surface area contributed by atoms with Gasteiger partial charge in [-0.3, -0.25) is 9.80 Å². The summed E-state index contributed by atoms with van der Waals surface area (Å²) in [7, 11) is 1.99. The van der Waals surface area contributed by atoms with Gasteiger partial charge in [0.15, 0.2) is 0 Å². The van der Waals surface area contributed by atoms with Crippen LogP contribution < -0.4 is 5.32 Å². The van der Waals surface area contributed by atoms with E-state index in [9.17, 15) is 0 Å². The van der Waals surface area contributed by atoms with E-state index in [0.29, 0.717) is 0 Å². The van der Waals surface area contributed by atoms with Crippen molar-refractivity contribution in [3.8, 4) is 0 Å². The summed E-state index contributed by atoms with van der Waals surface area (Å²) in [5, 5.41) is 3.17. The highest BCUT2D eigenvalue weighted by Crippen LogP contribution is 2.24. The molecule has 1 saturated carbocycles. The van der Waals surface area contributed by atoms with Crippen LogP contribution in [0.5, 0.6) is 0 Å². The zero-order chi connectivity index (χ0) is 12.1. The molecule has 2 fully saturated rings. The highest BCUT2D eigenvalue weighted by atomic mass is 15.3. The van der Waals surface area contributed by atoms with Crippen molar-refractivity contribution in [3.05, 3.63) is 12.2 Å². The van der Waals surface area contributed by atoms with E-state index in [1.807, 2.05) is 7.05 Å². The molecule has 0 aromatic rings. The predicted molar refractivity (Wildman–Crippen MR) is 73.3 cm³/mol. The van der Waals surface area contributed by atoms with Crippen LogP contribution in [0, 0.1) is 0 Å². The minimum atomic E-state index is 0.901. The summed E-state index contributed by atoms with van der Waals surface area (Å²) in [5.41, 5.74) is 1.31. The maximum atomic E-state index is 4.12. The zero-order valence-corrected chi connectivity index (χ0v) is 11.2. The predicted octanol–water partition coefficient (Wildman–Crippen LogP) is 1.32. The lowest BCUT2D eigenvalue weighted by atomic mass is 10.1. The lowest BCUT2D eigenvalue weighted by Crippen LogP contribution is -2.50. The van der Waals surface area contributed by atoms with Crippen molar-refractivity contribution in [2.24, 2.45) is 0 Å². The van der Waals surface area contributed by atoms with Gasteiger partial charge in [-0.2, -0.15) is 0 Å². The van der Waals surface area contributed by atoms with Crippen LogP contribution in [0.2, 0.25) is 0 Å². The number of hydrogen-bond donors (Lipinski definition) is 1. The normalized spacial score (nSPS) is 24.3. The molecule has 3 heteroatoms. The van der Waals surface area contributed by atoms with Crippen LogP contribution in [-0.4, -0.2) is 62.2 Å². The number of nitrogens with one attached hydrogen (secondary N) is 1. The Morgan fingerprint density at radius 2 is 1.82 bits per heavy atom. The van der Waals surface area contributed by atoms with Gasteiger partial charge in [0.2, 0.25) is 0 Å². The summed E-state index contributed by atoms with van der Waals surface area (Å²) in [6, 6.07) is 0.901. The lowest BCUT2D eigenvalue weighted by molar-refractivity contribution is 0.103. The lowest BCUT2D eigenvalue weighted by Gasteiger charge is -2.38. The van der Waals surface area contributed by atoms with Crippen LogP contribution in [0.4, 0.5) is 0 Å². The molecule has 0 aromatic carbocycles. The fourth-order valence-corrected chi connectivity index (χ4v) is 3.18. The topological polar surface area (TPSA) is 18.5 Å². The molecule has 0 bridgehead atoms. The Labute approximate surface area is 106 Å². The largest absolute Gasteiger partial charge is 0.316 e. The summed E-state index contributed by atoms with van der Waals surface area (Å²) < 4.78 is 0. The zero-order valence-electron chi connectivity index (χ0n) is 11.2. The SMILES string of the molecule is C=C(CNC)CN1CCN(C2CCCC2)CC1. The molecule has 17 heavy (non-hydrogen) atoms. The van der Waals surface area contributed by atoms with E-state index < -0.39 is 0 Å². The molecule has 1 heterocycles. The van der Waals surface area contributed by atoms with E-state index in [0.717, 1.165) is 19.1 Å². The summed E-state index contributed by atoms with van der Waals surface area (Å²) in [6.07, 6.45) is 5.77. The number of rotatable bonds is 5. The fraction of sp³-hybridized carbons (Fsp3) is 0.857. The third-order valence-electron chi connectivity index (χ3n) is 4.12. The second kappa shape index (κ2) is 6.53. The van der Waals surface area contributed by atoms with E-state index in [2.05, 4.69) is 21.7 Å². The first-order chi connectivity index (χ1) is 8.29. The van der Waals surface area contributed by atoms with Gasteiger partial charge in [-0.05, 0) is 25.5 Å². The molecule has 0 unspecified atom stereocenters. The van der Waals surface area contributed by atoms with Crippen LogP contribution in [0.25, 0.3) is 0 Å². The fourth-order valence-electron chi connectivity index (χ4n) is 3.18. The van der Waals surface area contributed by atoms with Gasteiger partial charge in [0.25, 0.3) is 0 Å². The highest BCUT2D eigenvalue weighted by Gasteiger charge is 2.25. The maximum Gasteiger partial charge on any atom is 0.0203 e. The average Bonchev–Trinajstić information content (AvgIpc) is 2.84. The van der Waals surface area contributed by atoms with Gasteiger partial charge in [0.05, 0.1) is 0 Å². The van der Waals surface area contributed by atoms with Crippen molar-refractivity contribution in [1.29, 1.82) is 0 Å². The van der Waals surface area contributed by atoms with Crippen molar-refractivity contribution in [1.82, 2.24) is 15.1 Å². The Kier molecular flexibility index (Phi) is 5.01. The molecule has 0 amide bonds. The number of nitrogens with zero attached hydrogens (tertiary/aromatic N) is 2. The van der Waals surface area contributed by atoms with Crippen LogP contribution in [0.3, 0.4) is 0 Å². The molecule has 1 saturated heterocycles. The van der Waals surface area contributed by atoms with Crippen LogP contribution in [-0.2, 0) is 0 Å². The van der Waals surface area contributed by atoms with Crippen LogP contribution in [0.15, 0.2) is 12.2 Å². The Morgan fingerprint density at radius 3 is 2.41 bits per heavy atom. The van der Waals surface area contributed by atoms with Crippen molar-refractivity contribution >= 4 is 0 Å². The smallest absolute Gasteiger partial charge is 0.0203 e. The Morgan fingerprint density at radius 1 is 1.18 bits per heavy atom. The van der Waals surface area contributed by atoms with Crippen molar-refractivity contribution < 1.29 is 0 Å². The first-order valence-electron chi connectivity index (χ1n) is 7.07. The van der Waals surface area contributed by atoms with Gasteiger partial charge in [0.1, 0.15) is 0 Å².